The van der Waals surface area contributed by atoms with Gasteiger partial charge in [-0.25, -0.2) is 4.39 Å². The van der Waals surface area contributed by atoms with Gasteiger partial charge in [-0.2, -0.15) is 11.8 Å². The highest BCUT2D eigenvalue weighted by atomic mass is 32.2. The van der Waals surface area contributed by atoms with Gasteiger partial charge in [0.2, 0.25) is 0 Å². The summed E-state index contributed by atoms with van der Waals surface area (Å²) in [7, 11) is 0. The fourth-order valence-corrected chi connectivity index (χ4v) is 3.26. The van der Waals surface area contributed by atoms with E-state index in [1.54, 1.807) is 19.1 Å². The van der Waals surface area contributed by atoms with Gasteiger partial charge in [0.25, 0.3) is 0 Å². The van der Waals surface area contributed by atoms with E-state index >= 15 is 0 Å². The van der Waals surface area contributed by atoms with Crippen LogP contribution in [0.25, 0.3) is 0 Å². The molecular formula is C14H20FNOS. The highest BCUT2D eigenvalue weighted by Crippen LogP contribution is 2.22. The van der Waals surface area contributed by atoms with Crippen LogP contribution in [0.1, 0.15) is 25.3 Å². The van der Waals surface area contributed by atoms with Crippen LogP contribution in [-0.4, -0.2) is 29.2 Å². The third-order valence-electron chi connectivity index (χ3n) is 3.42. The Kier molecular flexibility index (Phi) is 4.65. The standard InChI is InChI=1S/C14H20FNOS/c1-14(17,11-2-4-12(15)5-3-11)10-16-13-6-8-18-9-7-13/h2-5,13,16-17H,6-10H2,1H3. The van der Waals surface area contributed by atoms with Gasteiger partial charge in [0.1, 0.15) is 5.82 Å². The van der Waals surface area contributed by atoms with Crippen molar-refractivity contribution < 1.29 is 9.50 Å². The summed E-state index contributed by atoms with van der Waals surface area (Å²) in [4.78, 5) is 0. The molecule has 18 heavy (non-hydrogen) atoms. The third-order valence-corrected chi connectivity index (χ3v) is 4.47. The Morgan fingerprint density at radius 2 is 1.94 bits per heavy atom. The van der Waals surface area contributed by atoms with Crippen molar-refractivity contribution >= 4 is 11.8 Å². The van der Waals surface area contributed by atoms with E-state index in [1.807, 2.05) is 11.8 Å². The lowest BCUT2D eigenvalue weighted by atomic mass is 9.95. The molecule has 1 unspecified atom stereocenters. The second-order valence-corrected chi connectivity index (χ2v) is 6.27. The summed E-state index contributed by atoms with van der Waals surface area (Å²) in [5, 5.41) is 13.8. The van der Waals surface area contributed by atoms with E-state index in [-0.39, 0.29) is 5.82 Å². The molecule has 1 aromatic carbocycles. The number of nitrogens with one attached hydrogen (secondary N) is 1. The lowest BCUT2D eigenvalue weighted by Crippen LogP contribution is -2.42. The zero-order valence-electron chi connectivity index (χ0n) is 10.7. The van der Waals surface area contributed by atoms with Crippen molar-refractivity contribution in [2.45, 2.75) is 31.4 Å². The molecule has 1 heterocycles. The summed E-state index contributed by atoms with van der Waals surface area (Å²) in [6.45, 7) is 2.28. The molecule has 1 saturated heterocycles. The molecule has 0 saturated carbocycles. The van der Waals surface area contributed by atoms with Crippen LogP contribution < -0.4 is 5.32 Å². The molecule has 1 aromatic rings. The number of hydrogen-bond acceptors (Lipinski definition) is 3. The highest BCUT2D eigenvalue weighted by Gasteiger charge is 2.24. The van der Waals surface area contributed by atoms with Gasteiger partial charge in [0, 0.05) is 12.6 Å². The molecule has 1 fully saturated rings. The average molecular weight is 269 g/mol. The molecule has 2 N–H and O–H groups in total. The minimum absolute atomic E-state index is 0.271. The molecule has 1 aliphatic heterocycles. The predicted octanol–water partition coefficient (Wildman–Crippen LogP) is 2.52. The maximum Gasteiger partial charge on any atom is 0.123 e. The van der Waals surface area contributed by atoms with Gasteiger partial charge < -0.3 is 10.4 Å². The number of hydrogen-bond donors (Lipinski definition) is 2. The van der Waals surface area contributed by atoms with Crippen molar-refractivity contribution in [2.75, 3.05) is 18.1 Å². The molecule has 1 atom stereocenters. The molecule has 2 rings (SSSR count). The number of halogens is 1. The third kappa shape index (κ3) is 3.70. The molecule has 0 aliphatic carbocycles. The van der Waals surface area contributed by atoms with Crippen LogP contribution >= 0.6 is 11.8 Å². The summed E-state index contributed by atoms with van der Waals surface area (Å²) in [5.74, 6) is 2.11. The van der Waals surface area contributed by atoms with E-state index in [9.17, 15) is 9.50 Å². The van der Waals surface area contributed by atoms with E-state index in [4.69, 9.17) is 0 Å². The van der Waals surface area contributed by atoms with Crippen molar-refractivity contribution in [3.63, 3.8) is 0 Å². The van der Waals surface area contributed by atoms with Crippen LogP contribution in [0.3, 0.4) is 0 Å². The van der Waals surface area contributed by atoms with E-state index < -0.39 is 5.60 Å². The van der Waals surface area contributed by atoms with Gasteiger partial charge in [0.05, 0.1) is 5.60 Å². The summed E-state index contributed by atoms with van der Waals surface area (Å²) in [5.41, 5.74) is -0.195. The number of aliphatic hydroxyl groups is 1. The Hall–Kier alpha value is -0.580. The SMILES string of the molecule is CC(O)(CNC1CCSCC1)c1ccc(F)cc1. The summed E-state index contributed by atoms with van der Waals surface area (Å²) < 4.78 is 12.9. The smallest absolute Gasteiger partial charge is 0.123 e. The molecule has 1 aliphatic rings. The first-order valence-electron chi connectivity index (χ1n) is 6.37. The first kappa shape index (κ1) is 13.8. The van der Waals surface area contributed by atoms with E-state index in [0.29, 0.717) is 12.6 Å². The quantitative estimate of drug-likeness (QED) is 0.881. The first-order chi connectivity index (χ1) is 8.58. The zero-order chi connectivity index (χ0) is 13.0. The van der Waals surface area contributed by atoms with Crippen LogP contribution in [-0.2, 0) is 5.60 Å². The normalized spacial score (nSPS) is 20.6. The molecule has 4 heteroatoms. The second kappa shape index (κ2) is 6.04. The van der Waals surface area contributed by atoms with Crippen LogP contribution in [0.15, 0.2) is 24.3 Å². The highest BCUT2D eigenvalue weighted by molar-refractivity contribution is 7.99. The molecule has 0 aromatic heterocycles. The minimum Gasteiger partial charge on any atom is -0.384 e. The Labute approximate surface area is 112 Å². The molecule has 0 bridgehead atoms. The molecule has 0 amide bonds. The maximum absolute atomic E-state index is 12.9. The number of thioether (sulfide) groups is 1. The molecular weight excluding hydrogens is 249 g/mol. The maximum atomic E-state index is 12.9. The second-order valence-electron chi connectivity index (χ2n) is 5.05. The van der Waals surface area contributed by atoms with Crippen LogP contribution in [0.2, 0.25) is 0 Å². The van der Waals surface area contributed by atoms with Crippen molar-refractivity contribution in [2.24, 2.45) is 0 Å². The average Bonchev–Trinajstić information content (AvgIpc) is 2.38. The van der Waals surface area contributed by atoms with Gasteiger partial charge >= 0.3 is 0 Å². The fourth-order valence-electron chi connectivity index (χ4n) is 2.16. The Morgan fingerprint density at radius 3 is 2.56 bits per heavy atom. The number of rotatable bonds is 4. The summed E-state index contributed by atoms with van der Waals surface area (Å²) in [6.07, 6.45) is 2.31. The summed E-state index contributed by atoms with van der Waals surface area (Å²) in [6, 6.07) is 6.57. The van der Waals surface area contributed by atoms with Gasteiger partial charge in [-0.3, -0.25) is 0 Å². The Balaban J connectivity index is 1.91. The van der Waals surface area contributed by atoms with Crippen LogP contribution in [0.4, 0.5) is 4.39 Å². The summed E-state index contributed by atoms with van der Waals surface area (Å²) >= 11 is 1.99. The van der Waals surface area contributed by atoms with Gasteiger partial charge in [-0.05, 0) is 49.0 Å². The van der Waals surface area contributed by atoms with E-state index in [1.165, 1.54) is 23.6 Å². The van der Waals surface area contributed by atoms with Crippen molar-refractivity contribution in [3.05, 3.63) is 35.6 Å². The van der Waals surface area contributed by atoms with Gasteiger partial charge in [-0.15, -0.1) is 0 Å². The molecule has 0 radical (unpaired) electrons. The lowest BCUT2D eigenvalue weighted by Gasteiger charge is -2.29. The molecule has 0 spiro atoms. The molecule has 2 nitrogen and oxygen atoms in total. The zero-order valence-corrected chi connectivity index (χ0v) is 11.5. The van der Waals surface area contributed by atoms with Gasteiger partial charge in [-0.1, -0.05) is 12.1 Å². The largest absolute Gasteiger partial charge is 0.384 e. The minimum atomic E-state index is -0.946. The van der Waals surface area contributed by atoms with Crippen LogP contribution in [0.5, 0.6) is 0 Å². The Bertz CT molecular complexity index is 374. The Morgan fingerprint density at radius 1 is 1.33 bits per heavy atom. The topological polar surface area (TPSA) is 32.3 Å². The van der Waals surface area contributed by atoms with Crippen molar-refractivity contribution in [1.29, 1.82) is 0 Å². The lowest BCUT2D eigenvalue weighted by molar-refractivity contribution is 0.0534. The van der Waals surface area contributed by atoms with Crippen molar-refractivity contribution in [1.82, 2.24) is 5.32 Å². The van der Waals surface area contributed by atoms with Gasteiger partial charge in [0.15, 0.2) is 0 Å². The fraction of sp³-hybridized carbons (Fsp3) is 0.571. The van der Waals surface area contributed by atoms with E-state index in [0.717, 1.165) is 18.4 Å². The number of benzene rings is 1. The molecule has 100 valence electrons. The predicted molar refractivity (Wildman–Crippen MR) is 74.3 cm³/mol. The monoisotopic (exact) mass is 269 g/mol. The van der Waals surface area contributed by atoms with Crippen LogP contribution in [0, 0.1) is 5.82 Å². The van der Waals surface area contributed by atoms with E-state index in [2.05, 4.69) is 5.32 Å². The first-order valence-corrected chi connectivity index (χ1v) is 7.53. The van der Waals surface area contributed by atoms with Crippen molar-refractivity contribution in [3.8, 4) is 0 Å².